The van der Waals surface area contributed by atoms with Crippen LogP contribution in [-0.2, 0) is 12.7 Å². The van der Waals surface area contributed by atoms with Gasteiger partial charge < -0.3 is 10.9 Å². The largest absolute Gasteiger partial charge is 0.435 e. The summed E-state index contributed by atoms with van der Waals surface area (Å²) in [6, 6.07) is 5.47. The number of nitrogens with zero attached hydrogens (tertiary/aromatic N) is 3. The van der Waals surface area contributed by atoms with Gasteiger partial charge in [0.05, 0.1) is 6.54 Å². The first-order valence-electron chi connectivity index (χ1n) is 5.68. The zero-order valence-electron chi connectivity index (χ0n) is 10.5. The van der Waals surface area contributed by atoms with Crippen LogP contribution in [0.1, 0.15) is 16.8 Å². The lowest BCUT2D eigenvalue weighted by Crippen LogP contribution is -2.13. The zero-order chi connectivity index (χ0) is 15.6. The highest BCUT2D eigenvalue weighted by molar-refractivity contribution is 6.31. The average molecular weight is 319 g/mol. The Kier molecular flexibility index (Phi) is 4.08. The maximum Gasteiger partial charge on any atom is 0.435 e. The molecule has 0 bridgehead atoms. The number of aromatic nitrogens is 2. The van der Waals surface area contributed by atoms with Crippen molar-refractivity contribution >= 4 is 17.4 Å². The van der Waals surface area contributed by atoms with Crippen molar-refractivity contribution < 1.29 is 18.4 Å². The van der Waals surface area contributed by atoms with Crippen LogP contribution in [0, 0.1) is 0 Å². The number of benzene rings is 1. The summed E-state index contributed by atoms with van der Waals surface area (Å²) < 4.78 is 38.5. The fourth-order valence-electron chi connectivity index (χ4n) is 1.67. The minimum Gasteiger partial charge on any atom is -0.409 e. The minimum absolute atomic E-state index is 0.0748. The molecule has 0 aliphatic rings. The first-order chi connectivity index (χ1) is 9.81. The molecule has 3 N–H and O–H groups in total. The lowest BCUT2D eigenvalue weighted by Gasteiger charge is -2.07. The van der Waals surface area contributed by atoms with Crippen molar-refractivity contribution in [3.63, 3.8) is 0 Å². The van der Waals surface area contributed by atoms with E-state index in [4.69, 9.17) is 22.5 Å². The van der Waals surface area contributed by atoms with Crippen molar-refractivity contribution in [3.05, 3.63) is 52.3 Å². The second kappa shape index (κ2) is 5.65. The number of hydrogen-bond donors (Lipinski definition) is 2. The Balaban J connectivity index is 2.22. The number of alkyl halides is 3. The monoisotopic (exact) mass is 318 g/mol. The summed E-state index contributed by atoms with van der Waals surface area (Å²) >= 11 is 6.02. The number of amidine groups is 1. The second-order valence-corrected chi connectivity index (χ2v) is 4.59. The van der Waals surface area contributed by atoms with Crippen molar-refractivity contribution in [1.82, 2.24) is 9.78 Å². The Labute approximate surface area is 122 Å². The predicted molar refractivity (Wildman–Crippen MR) is 70.3 cm³/mol. The molecule has 0 unspecified atom stereocenters. The maximum atomic E-state index is 12.4. The SMILES string of the molecule is N/C(=N/O)c1ccc(Cn2ccc(C(F)(F)F)n2)c(Cl)c1. The molecule has 0 saturated heterocycles. The highest BCUT2D eigenvalue weighted by atomic mass is 35.5. The Morgan fingerprint density at radius 1 is 1.38 bits per heavy atom. The van der Waals surface area contributed by atoms with Gasteiger partial charge in [-0.25, -0.2) is 0 Å². The summed E-state index contributed by atoms with van der Waals surface area (Å²) in [4.78, 5) is 0. The van der Waals surface area contributed by atoms with Crippen LogP contribution in [0.5, 0.6) is 0 Å². The van der Waals surface area contributed by atoms with E-state index in [1.165, 1.54) is 12.3 Å². The third-order valence-electron chi connectivity index (χ3n) is 2.72. The van der Waals surface area contributed by atoms with Crippen molar-refractivity contribution in [2.24, 2.45) is 10.9 Å². The summed E-state index contributed by atoms with van der Waals surface area (Å²) in [6.07, 6.45) is -3.26. The third kappa shape index (κ3) is 3.46. The van der Waals surface area contributed by atoms with Crippen LogP contribution in [0.4, 0.5) is 13.2 Å². The van der Waals surface area contributed by atoms with Crippen molar-refractivity contribution in [2.75, 3.05) is 0 Å². The molecule has 2 rings (SSSR count). The molecular formula is C12H10ClF3N4O. The Morgan fingerprint density at radius 2 is 2.10 bits per heavy atom. The number of rotatable bonds is 3. The quantitative estimate of drug-likeness (QED) is 0.395. The van der Waals surface area contributed by atoms with E-state index in [1.54, 1.807) is 12.1 Å². The van der Waals surface area contributed by atoms with E-state index in [0.29, 0.717) is 11.1 Å². The third-order valence-corrected chi connectivity index (χ3v) is 3.07. The van der Waals surface area contributed by atoms with Crippen molar-refractivity contribution in [2.45, 2.75) is 12.7 Å². The fraction of sp³-hybridized carbons (Fsp3) is 0.167. The number of nitrogens with two attached hydrogens (primary N) is 1. The molecule has 0 radical (unpaired) electrons. The molecule has 5 nitrogen and oxygen atoms in total. The summed E-state index contributed by atoms with van der Waals surface area (Å²) in [5.41, 5.74) is 5.41. The summed E-state index contributed by atoms with van der Waals surface area (Å²) in [5, 5.41) is 15.1. The van der Waals surface area contributed by atoms with Crippen LogP contribution < -0.4 is 5.73 Å². The van der Waals surface area contributed by atoms with Crippen LogP contribution in [0.2, 0.25) is 5.02 Å². The van der Waals surface area contributed by atoms with Gasteiger partial charge in [0.2, 0.25) is 0 Å². The molecule has 2 aromatic rings. The molecule has 0 saturated carbocycles. The van der Waals surface area contributed by atoms with Gasteiger partial charge in [-0.3, -0.25) is 4.68 Å². The molecule has 21 heavy (non-hydrogen) atoms. The minimum atomic E-state index is -4.48. The van der Waals surface area contributed by atoms with Gasteiger partial charge >= 0.3 is 6.18 Å². The first-order valence-corrected chi connectivity index (χ1v) is 6.06. The molecule has 0 atom stereocenters. The highest BCUT2D eigenvalue weighted by Crippen LogP contribution is 2.27. The van der Waals surface area contributed by atoms with Gasteiger partial charge in [-0.15, -0.1) is 0 Å². The van der Waals surface area contributed by atoms with Gasteiger partial charge in [-0.2, -0.15) is 18.3 Å². The van der Waals surface area contributed by atoms with Gasteiger partial charge in [0, 0.05) is 16.8 Å². The van der Waals surface area contributed by atoms with Crippen LogP contribution >= 0.6 is 11.6 Å². The smallest absolute Gasteiger partial charge is 0.409 e. The standard InChI is InChI=1S/C12H10ClF3N4O/c13-9-5-7(11(17)19-21)1-2-8(9)6-20-4-3-10(18-20)12(14,15)16/h1-5,21H,6H2,(H2,17,19). The lowest BCUT2D eigenvalue weighted by atomic mass is 10.1. The van der Waals surface area contributed by atoms with E-state index in [9.17, 15) is 13.2 Å². The molecule has 0 amide bonds. The summed E-state index contributed by atoms with van der Waals surface area (Å²) in [5.74, 6) is -0.109. The molecule has 1 aromatic heterocycles. The van der Waals surface area contributed by atoms with E-state index >= 15 is 0 Å². The van der Waals surface area contributed by atoms with Gasteiger partial charge in [0.25, 0.3) is 0 Å². The highest BCUT2D eigenvalue weighted by Gasteiger charge is 2.33. The number of hydrogen-bond acceptors (Lipinski definition) is 3. The zero-order valence-corrected chi connectivity index (χ0v) is 11.2. The molecular weight excluding hydrogens is 309 g/mol. The van der Waals surface area contributed by atoms with Crippen molar-refractivity contribution in [3.8, 4) is 0 Å². The van der Waals surface area contributed by atoms with E-state index in [0.717, 1.165) is 10.7 Å². The van der Waals surface area contributed by atoms with Gasteiger partial charge in [0.15, 0.2) is 11.5 Å². The van der Waals surface area contributed by atoms with Crippen LogP contribution in [0.3, 0.4) is 0 Å². The molecule has 112 valence electrons. The van der Waals surface area contributed by atoms with Gasteiger partial charge in [-0.1, -0.05) is 28.9 Å². The normalized spacial score (nSPS) is 12.7. The Hall–Kier alpha value is -2.22. The van der Waals surface area contributed by atoms with Crippen molar-refractivity contribution in [1.29, 1.82) is 0 Å². The maximum absolute atomic E-state index is 12.4. The van der Waals surface area contributed by atoms with E-state index < -0.39 is 11.9 Å². The number of halogens is 4. The molecule has 9 heteroatoms. The molecule has 0 aliphatic carbocycles. The van der Waals surface area contributed by atoms with E-state index in [1.807, 2.05) is 0 Å². The van der Waals surface area contributed by atoms with Crippen LogP contribution in [0.25, 0.3) is 0 Å². The number of oxime groups is 1. The fourth-order valence-corrected chi connectivity index (χ4v) is 1.91. The average Bonchev–Trinajstić information content (AvgIpc) is 2.88. The summed E-state index contributed by atoms with van der Waals surface area (Å²) in [7, 11) is 0. The molecule has 0 spiro atoms. The molecule has 1 aromatic carbocycles. The second-order valence-electron chi connectivity index (χ2n) is 4.19. The van der Waals surface area contributed by atoms with Gasteiger partial charge in [-0.05, 0) is 17.7 Å². The molecule has 1 heterocycles. The molecule has 0 fully saturated rings. The topological polar surface area (TPSA) is 76.4 Å². The van der Waals surface area contributed by atoms with Crippen LogP contribution in [-0.4, -0.2) is 20.8 Å². The first kappa shape index (κ1) is 15.2. The molecule has 0 aliphatic heterocycles. The van der Waals surface area contributed by atoms with E-state index in [2.05, 4.69) is 10.3 Å². The summed E-state index contributed by atoms with van der Waals surface area (Å²) in [6.45, 7) is 0.0748. The Bertz CT molecular complexity index is 681. The Morgan fingerprint density at radius 3 is 2.62 bits per heavy atom. The van der Waals surface area contributed by atoms with Gasteiger partial charge in [0.1, 0.15) is 0 Å². The lowest BCUT2D eigenvalue weighted by molar-refractivity contribution is -0.141. The van der Waals surface area contributed by atoms with Crippen LogP contribution in [0.15, 0.2) is 35.6 Å². The van der Waals surface area contributed by atoms with E-state index in [-0.39, 0.29) is 17.4 Å². The predicted octanol–water partition coefficient (Wildman–Crippen LogP) is 2.70.